The third-order valence-electron chi connectivity index (χ3n) is 4.26. The van der Waals surface area contributed by atoms with Crippen molar-refractivity contribution in [2.45, 2.75) is 19.9 Å². The van der Waals surface area contributed by atoms with Crippen LogP contribution < -0.4 is 10.1 Å². The Labute approximate surface area is 161 Å². The quantitative estimate of drug-likeness (QED) is 0.498. The van der Waals surface area contributed by atoms with Gasteiger partial charge in [0.25, 0.3) is 11.6 Å². The molecule has 0 bridgehead atoms. The molecule has 1 heterocycles. The van der Waals surface area contributed by atoms with E-state index in [0.29, 0.717) is 12.3 Å². The maximum atomic E-state index is 12.6. The molecule has 0 aliphatic carbocycles. The molecule has 3 rings (SSSR count). The molecule has 1 unspecified atom stereocenters. The van der Waals surface area contributed by atoms with Gasteiger partial charge in [-0.2, -0.15) is 0 Å². The van der Waals surface area contributed by atoms with Gasteiger partial charge in [0.15, 0.2) is 0 Å². The lowest BCUT2D eigenvalue weighted by atomic mass is 10.1. The summed E-state index contributed by atoms with van der Waals surface area (Å²) in [4.78, 5) is 27.4. The zero-order chi connectivity index (χ0) is 20.1. The fraction of sp³-hybridized carbons (Fsp3) is 0.200. The average Bonchev–Trinajstić information content (AvgIpc) is 3.23. The minimum atomic E-state index is -0.512. The van der Waals surface area contributed by atoms with Gasteiger partial charge in [-0.05, 0) is 43.7 Å². The van der Waals surface area contributed by atoms with Gasteiger partial charge in [0.1, 0.15) is 11.4 Å². The van der Waals surface area contributed by atoms with E-state index in [1.807, 2.05) is 38.1 Å². The number of amides is 1. The minimum absolute atomic E-state index is 0.167. The van der Waals surface area contributed by atoms with E-state index in [0.717, 1.165) is 11.3 Å². The zero-order valence-corrected chi connectivity index (χ0v) is 15.5. The largest absolute Gasteiger partial charge is 0.494 e. The molecule has 1 atom stereocenters. The van der Waals surface area contributed by atoms with Crippen LogP contribution in [0.25, 0.3) is 5.69 Å². The van der Waals surface area contributed by atoms with Crippen molar-refractivity contribution in [1.82, 2.24) is 14.9 Å². The SMILES string of the molecule is CCOc1ccc(C(C)NC(=O)c2ccc(-n3ccnc3)c([N+](=O)[O-])c2)cc1. The summed E-state index contributed by atoms with van der Waals surface area (Å²) in [5.74, 6) is 0.372. The lowest BCUT2D eigenvalue weighted by Gasteiger charge is -2.15. The van der Waals surface area contributed by atoms with Crippen LogP contribution in [-0.4, -0.2) is 27.0 Å². The van der Waals surface area contributed by atoms with Gasteiger partial charge in [0.2, 0.25) is 0 Å². The second kappa shape index (κ2) is 8.34. The first-order valence-corrected chi connectivity index (χ1v) is 8.80. The van der Waals surface area contributed by atoms with Gasteiger partial charge >= 0.3 is 0 Å². The molecule has 1 N–H and O–H groups in total. The molecule has 1 aromatic heterocycles. The first-order chi connectivity index (χ1) is 13.5. The summed E-state index contributed by atoms with van der Waals surface area (Å²) < 4.78 is 6.94. The van der Waals surface area contributed by atoms with Gasteiger partial charge < -0.3 is 14.6 Å². The van der Waals surface area contributed by atoms with Crippen molar-refractivity contribution >= 4 is 11.6 Å². The highest BCUT2D eigenvalue weighted by atomic mass is 16.6. The second-order valence-electron chi connectivity index (χ2n) is 6.13. The van der Waals surface area contributed by atoms with Gasteiger partial charge in [-0.15, -0.1) is 0 Å². The van der Waals surface area contributed by atoms with Crippen LogP contribution >= 0.6 is 0 Å². The summed E-state index contributed by atoms with van der Waals surface area (Å²) in [6.07, 6.45) is 4.61. The molecule has 0 saturated heterocycles. The van der Waals surface area contributed by atoms with E-state index in [-0.39, 0.29) is 23.2 Å². The highest BCUT2D eigenvalue weighted by Crippen LogP contribution is 2.25. The van der Waals surface area contributed by atoms with E-state index in [9.17, 15) is 14.9 Å². The Hall–Kier alpha value is -3.68. The first-order valence-electron chi connectivity index (χ1n) is 8.80. The Kier molecular flexibility index (Phi) is 5.69. The molecule has 0 radical (unpaired) electrons. The number of nitro benzene ring substituents is 1. The van der Waals surface area contributed by atoms with Crippen LogP contribution in [0.15, 0.2) is 61.2 Å². The fourth-order valence-corrected chi connectivity index (χ4v) is 2.81. The number of nitrogens with zero attached hydrogens (tertiary/aromatic N) is 3. The predicted molar refractivity (Wildman–Crippen MR) is 104 cm³/mol. The Bertz CT molecular complexity index is 968. The molecular formula is C20H20N4O4. The Balaban J connectivity index is 1.78. The normalized spacial score (nSPS) is 11.6. The average molecular weight is 380 g/mol. The number of aromatic nitrogens is 2. The second-order valence-corrected chi connectivity index (χ2v) is 6.13. The summed E-state index contributed by atoms with van der Waals surface area (Å²) in [6.45, 7) is 4.34. The van der Waals surface area contributed by atoms with Crippen molar-refractivity contribution in [2.75, 3.05) is 6.61 Å². The number of rotatable bonds is 7. The van der Waals surface area contributed by atoms with Crippen molar-refractivity contribution in [1.29, 1.82) is 0 Å². The molecular weight excluding hydrogens is 360 g/mol. The molecule has 1 amide bonds. The summed E-state index contributed by atoms with van der Waals surface area (Å²) in [5.41, 5.74) is 1.30. The highest BCUT2D eigenvalue weighted by Gasteiger charge is 2.20. The summed E-state index contributed by atoms with van der Waals surface area (Å²) in [6, 6.07) is 11.5. The molecule has 144 valence electrons. The van der Waals surface area contributed by atoms with Gasteiger partial charge in [0, 0.05) is 24.0 Å². The van der Waals surface area contributed by atoms with Crippen LogP contribution in [0.2, 0.25) is 0 Å². The molecule has 0 aliphatic heterocycles. The van der Waals surface area contributed by atoms with E-state index in [2.05, 4.69) is 10.3 Å². The molecule has 0 spiro atoms. The highest BCUT2D eigenvalue weighted by molar-refractivity contribution is 5.95. The van der Waals surface area contributed by atoms with Gasteiger partial charge in [0.05, 0.1) is 23.9 Å². The molecule has 8 nitrogen and oxygen atoms in total. The van der Waals surface area contributed by atoms with Crippen molar-refractivity contribution in [3.8, 4) is 11.4 Å². The predicted octanol–water partition coefficient (Wildman–Crippen LogP) is 3.67. The van der Waals surface area contributed by atoms with E-state index in [1.165, 1.54) is 29.2 Å². The minimum Gasteiger partial charge on any atom is -0.494 e. The number of carbonyl (C=O) groups excluding carboxylic acids is 1. The van der Waals surface area contributed by atoms with Crippen molar-refractivity contribution in [2.24, 2.45) is 0 Å². The van der Waals surface area contributed by atoms with Crippen LogP contribution in [0, 0.1) is 10.1 Å². The Morgan fingerprint density at radius 3 is 2.64 bits per heavy atom. The standard InChI is InChI=1S/C20H20N4O4/c1-3-28-17-7-4-15(5-8-17)14(2)22-20(25)16-6-9-18(19(12-16)24(26)27)23-11-10-21-13-23/h4-14H,3H2,1-2H3,(H,22,25). The molecule has 0 saturated carbocycles. The van der Waals surface area contributed by atoms with E-state index in [4.69, 9.17) is 4.74 Å². The van der Waals surface area contributed by atoms with Crippen molar-refractivity contribution in [3.63, 3.8) is 0 Å². The van der Waals surface area contributed by atoms with E-state index < -0.39 is 4.92 Å². The van der Waals surface area contributed by atoms with Gasteiger partial charge in [-0.25, -0.2) is 4.98 Å². The number of nitrogens with one attached hydrogen (secondary N) is 1. The first kappa shape index (κ1) is 19.1. The Morgan fingerprint density at radius 1 is 1.29 bits per heavy atom. The third kappa shape index (κ3) is 4.17. The summed E-state index contributed by atoms with van der Waals surface area (Å²) in [5, 5.41) is 14.3. The molecule has 8 heteroatoms. The molecule has 2 aromatic carbocycles. The van der Waals surface area contributed by atoms with Crippen LogP contribution in [0.1, 0.15) is 35.8 Å². The van der Waals surface area contributed by atoms with Crippen molar-refractivity contribution < 1.29 is 14.5 Å². The number of hydrogen-bond donors (Lipinski definition) is 1. The van der Waals surface area contributed by atoms with Gasteiger partial charge in [-0.1, -0.05) is 12.1 Å². The molecule has 0 fully saturated rings. The topological polar surface area (TPSA) is 99.3 Å². The van der Waals surface area contributed by atoms with Crippen LogP contribution in [0.4, 0.5) is 5.69 Å². The fourth-order valence-electron chi connectivity index (χ4n) is 2.81. The monoisotopic (exact) mass is 380 g/mol. The molecule has 3 aromatic rings. The number of imidazole rings is 1. The number of ether oxygens (including phenoxy) is 1. The summed E-state index contributed by atoms with van der Waals surface area (Å²) >= 11 is 0. The van der Waals surface area contributed by atoms with E-state index in [1.54, 1.807) is 12.3 Å². The third-order valence-corrected chi connectivity index (χ3v) is 4.26. The van der Waals surface area contributed by atoms with Gasteiger partial charge in [-0.3, -0.25) is 14.9 Å². The van der Waals surface area contributed by atoms with Crippen LogP contribution in [0.3, 0.4) is 0 Å². The van der Waals surface area contributed by atoms with E-state index >= 15 is 0 Å². The van der Waals surface area contributed by atoms with Crippen LogP contribution in [-0.2, 0) is 0 Å². The molecule has 28 heavy (non-hydrogen) atoms. The molecule has 0 aliphatic rings. The Morgan fingerprint density at radius 2 is 2.04 bits per heavy atom. The maximum absolute atomic E-state index is 12.6. The lowest BCUT2D eigenvalue weighted by Crippen LogP contribution is -2.26. The number of hydrogen-bond acceptors (Lipinski definition) is 5. The zero-order valence-electron chi connectivity index (χ0n) is 15.5. The lowest BCUT2D eigenvalue weighted by molar-refractivity contribution is -0.384. The number of carbonyl (C=O) groups is 1. The van der Waals surface area contributed by atoms with Crippen LogP contribution in [0.5, 0.6) is 5.75 Å². The number of nitro groups is 1. The van der Waals surface area contributed by atoms with Crippen molar-refractivity contribution in [3.05, 3.63) is 82.4 Å². The smallest absolute Gasteiger partial charge is 0.294 e. The summed E-state index contributed by atoms with van der Waals surface area (Å²) in [7, 11) is 0. The number of benzene rings is 2. The maximum Gasteiger partial charge on any atom is 0.294 e.